The fraction of sp³-hybridized carbons (Fsp3) is 0.368. The molecular weight excluding hydrogens is 386 g/mol. The lowest BCUT2D eigenvalue weighted by Crippen LogP contribution is -2.45. The Morgan fingerprint density at radius 1 is 1.11 bits per heavy atom. The molecule has 1 saturated heterocycles. The Labute approximate surface area is 167 Å². The minimum absolute atomic E-state index is 0.0751. The van der Waals surface area contributed by atoms with Gasteiger partial charge in [0, 0.05) is 42.7 Å². The summed E-state index contributed by atoms with van der Waals surface area (Å²) < 4.78 is 5.55. The second-order valence-corrected chi connectivity index (χ2v) is 7.86. The summed E-state index contributed by atoms with van der Waals surface area (Å²) in [5.74, 6) is 1.59. The number of benzene rings is 1. The average molecular weight is 408 g/mol. The van der Waals surface area contributed by atoms with Gasteiger partial charge in [-0.2, -0.15) is 11.8 Å². The third kappa shape index (κ3) is 5.76. The Morgan fingerprint density at radius 2 is 1.81 bits per heavy atom. The number of carbonyl (C=O) groups excluding carboxylic acids is 2. The first kappa shape index (κ1) is 19.8. The molecule has 0 unspecified atom stereocenters. The van der Waals surface area contributed by atoms with Crippen molar-refractivity contribution < 1.29 is 14.0 Å². The minimum Gasteiger partial charge on any atom is -0.468 e. The number of hydrogen-bond donors (Lipinski definition) is 2. The van der Waals surface area contributed by atoms with Crippen LogP contribution in [-0.2, 0) is 16.1 Å². The highest BCUT2D eigenvalue weighted by atomic mass is 35.5. The van der Waals surface area contributed by atoms with E-state index in [-0.39, 0.29) is 12.6 Å². The highest BCUT2D eigenvalue weighted by molar-refractivity contribution is 7.99. The van der Waals surface area contributed by atoms with Gasteiger partial charge in [-0.05, 0) is 29.8 Å². The van der Waals surface area contributed by atoms with Crippen molar-refractivity contribution in [2.24, 2.45) is 0 Å². The maximum absolute atomic E-state index is 12.2. The van der Waals surface area contributed by atoms with Gasteiger partial charge in [-0.25, -0.2) is 0 Å². The summed E-state index contributed by atoms with van der Waals surface area (Å²) in [7, 11) is 0. The van der Waals surface area contributed by atoms with Gasteiger partial charge < -0.3 is 15.1 Å². The van der Waals surface area contributed by atoms with Gasteiger partial charge in [-0.3, -0.25) is 14.5 Å². The normalized spacial score (nSPS) is 15.9. The molecular formula is C19H22ClN3O3S. The Hall–Kier alpha value is -1.96. The number of nitrogens with zero attached hydrogens (tertiary/aromatic N) is 1. The van der Waals surface area contributed by atoms with Crippen molar-refractivity contribution in [3.05, 3.63) is 59.0 Å². The molecule has 0 aliphatic carbocycles. The number of thioether (sulfide) groups is 1. The van der Waals surface area contributed by atoms with Crippen molar-refractivity contribution in [1.82, 2.24) is 15.5 Å². The molecule has 0 radical (unpaired) electrons. The minimum atomic E-state index is -0.655. The lowest BCUT2D eigenvalue weighted by molar-refractivity contribution is -0.139. The predicted octanol–water partition coefficient (Wildman–Crippen LogP) is 2.46. The predicted molar refractivity (Wildman–Crippen MR) is 107 cm³/mol. The lowest BCUT2D eigenvalue weighted by Gasteiger charge is -2.33. The Kier molecular flexibility index (Phi) is 7.20. The Morgan fingerprint density at radius 3 is 2.48 bits per heavy atom. The van der Waals surface area contributed by atoms with Crippen molar-refractivity contribution in [1.29, 1.82) is 0 Å². The van der Waals surface area contributed by atoms with Gasteiger partial charge in [0.1, 0.15) is 5.76 Å². The van der Waals surface area contributed by atoms with E-state index in [1.165, 1.54) is 0 Å². The highest BCUT2D eigenvalue weighted by Gasteiger charge is 2.26. The molecule has 2 amide bonds. The Balaban J connectivity index is 1.52. The largest absolute Gasteiger partial charge is 0.468 e. The van der Waals surface area contributed by atoms with Crippen LogP contribution in [0.1, 0.15) is 17.4 Å². The fourth-order valence-electron chi connectivity index (χ4n) is 2.91. The zero-order valence-corrected chi connectivity index (χ0v) is 16.4. The maximum Gasteiger partial charge on any atom is 0.309 e. The van der Waals surface area contributed by atoms with Crippen LogP contribution in [0.5, 0.6) is 0 Å². The van der Waals surface area contributed by atoms with E-state index >= 15 is 0 Å². The highest BCUT2D eigenvalue weighted by Crippen LogP contribution is 2.24. The van der Waals surface area contributed by atoms with E-state index in [0.717, 1.165) is 35.9 Å². The fourth-order valence-corrected chi connectivity index (χ4v) is 3.97. The van der Waals surface area contributed by atoms with Crippen LogP contribution < -0.4 is 10.6 Å². The molecule has 2 aromatic rings. The standard InChI is InChI=1S/C19H22ClN3O3S/c20-15-5-3-14(4-6-15)12-21-18(24)19(25)22-13-16(17-2-1-9-26-17)23-7-10-27-11-8-23/h1-6,9,16H,7-8,10-13H2,(H,21,24)(H,22,25)/t16-/m1/s1. The van der Waals surface area contributed by atoms with Gasteiger partial charge in [0.25, 0.3) is 0 Å². The molecule has 2 heterocycles. The first-order valence-electron chi connectivity index (χ1n) is 8.79. The van der Waals surface area contributed by atoms with Crippen LogP contribution in [0, 0.1) is 0 Å². The average Bonchev–Trinajstić information content (AvgIpc) is 3.22. The number of halogens is 1. The van der Waals surface area contributed by atoms with Crippen molar-refractivity contribution in [3.63, 3.8) is 0 Å². The molecule has 1 aliphatic heterocycles. The molecule has 8 heteroatoms. The third-order valence-electron chi connectivity index (χ3n) is 4.39. The van der Waals surface area contributed by atoms with E-state index < -0.39 is 11.8 Å². The van der Waals surface area contributed by atoms with E-state index in [9.17, 15) is 9.59 Å². The number of amides is 2. The summed E-state index contributed by atoms with van der Waals surface area (Å²) in [5.41, 5.74) is 0.875. The smallest absolute Gasteiger partial charge is 0.309 e. The van der Waals surface area contributed by atoms with E-state index in [4.69, 9.17) is 16.0 Å². The van der Waals surface area contributed by atoms with Crippen molar-refractivity contribution in [2.75, 3.05) is 31.1 Å². The molecule has 0 saturated carbocycles. The van der Waals surface area contributed by atoms with Crippen LogP contribution in [0.4, 0.5) is 0 Å². The van der Waals surface area contributed by atoms with Crippen LogP contribution in [0.25, 0.3) is 0 Å². The van der Waals surface area contributed by atoms with Gasteiger partial charge in [-0.1, -0.05) is 23.7 Å². The van der Waals surface area contributed by atoms with Crippen molar-refractivity contribution in [3.8, 4) is 0 Å². The zero-order chi connectivity index (χ0) is 19.1. The molecule has 1 aliphatic rings. The zero-order valence-electron chi connectivity index (χ0n) is 14.8. The van der Waals surface area contributed by atoms with Gasteiger partial charge in [0.2, 0.25) is 0 Å². The third-order valence-corrected chi connectivity index (χ3v) is 5.58. The van der Waals surface area contributed by atoms with E-state index in [1.807, 2.05) is 36.0 Å². The maximum atomic E-state index is 12.2. The number of carbonyl (C=O) groups is 2. The molecule has 1 aromatic heterocycles. The molecule has 1 fully saturated rings. The molecule has 144 valence electrons. The second kappa shape index (κ2) is 9.82. The van der Waals surface area contributed by atoms with Crippen LogP contribution in [0.15, 0.2) is 47.1 Å². The number of hydrogen-bond acceptors (Lipinski definition) is 5. The van der Waals surface area contributed by atoms with Gasteiger partial charge in [0.05, 0.1) is 12.3 Å². The SMILES string of the molecule is O=C(NCc1ccc(Cl)cc1)C(=O)NC[C@H](c1ccco1)N1CCSCC1. The molecule has 6 nitrogen and oxygen atoms in total. The molecule has 0 bridgehead atoms. The van der Waals surface area contributed by atoms with Gasteiger partial charge in [-0.15, -0.1) is 0 Å². The molecule has 1 atom stereocenters. The number of rotatable bonds is 6. The van der Waals surface area contributed by atoms with Crippen LogP contribution >= 0.6 is 23.4 Å². The molecule has 2 N–H and O–H groups in total. The quantitative estimate of drug-likeness (QED) is 0.719. The van der Waals surface area contributed by atoms with Crippen LogP contribution in [-0.4, -0.2) is 47.9 Å². The van der Waals surface area contributed by atoms with E-state index in [1.54, 1.807) is 18.4 Å². The molecule has 1 aromatic carbocycles. The van der Waals surface area contributed by atoms with Crippen LogP contribution in [0.3, 0.4) is 0 Å². The number of nitrogens with one attached hydrogen (secondary N) is 2. The van der Waals surface area contributed by atoms with Crippen LogP contribution in [0.2, 0.25) is 5.02 Å². The number of furan rings is 1. The summed E-state index contributed by atoms with van der Waals surface area (Å²) in [5, 5.41) is 5.98. The first-order chi connectivity index (χ1) is 13.1. The summed E-state index contributed by atoms with van der Waals surface area (Å²) in [6.07, 6.45) is 1.63. The summed E-state index contributed by atoms with van der Waals surface area (Å²) in [6, 6.07) is 10.8. The Bertz CT molecular complexity index is 746. The molecule has 3 rings (SSSR count). The van der Waals surface area contributed by atoms with Gasteiger partial charge in [0.15, 0.2) is 0 Å². The van der Waals surface area contributed by atoms with E-state index in [0.29, 0.717) is 11.6 Å². The monoisotopic (exact) mass is 407 g/mol. The first-order valence-corrected chi connectivity index (χ1v) is 10.3. The van der Waals surface area contributed by atoms with E-state index in [2.05, 4.69) is 15.5 Å². The lowest BCUT2D eigenvalue weighted by atomic mass is 10.2. The van der Waals surface area contributed by atoms with Gasteiger partial charge >= 0.3 is 11.8 Å². The van der Waals surface area contributed by atoms with Crippen molar-refractivity contribution in [2.45, 2.75) is 12.6 Å². The van der Waals surface area contributed by atoms with Crippen molar-refractivity contribution >= 4 is 35.2 Å². The summed E-state index contributed by atoms with van der Waals surface area (Å²) in [4.78, 5) is 26.5. The topological polar surface area (TPSA) is 74.6 Å². The summed E-state index contributed by atoms with van der Waals surface area (Å²) in [6.45, 7) is 2.45. The molecule has 0 spiro atoms. The summed E-state index contributed by atoms with van der Waals surface area (Å²) >= 11 is 7.75. The second-order valence-electron chi connectivity index (χ2n) is 6.20. The molecule has 27 heavy (non-hydrogen) atoms.